The number of nitrogens with zero attached hydrogens (tertiary/aromatic N) is 5. The molecule has 4 aromatic heterocycles. The molecule has 1 aliphatic carbocycles. The first-order chi connectivity index (χ1) is 18.9. The summed E-state index contributed by atoms with van der Waals surface area (Å²) in [4.78, 5) is 40.3. The quantitative estimate of drug-likeness (QED) is 0.333. The van der Waals surface area contributed by atoms with Gasteiger partial charge in [-0.3, -0.25) is 24.2 Å². The lowest BCUT2D eigenvalue weighted by Gasteiger charge is -2.44. The van der Waals surface area contributed by atoms with Gasteiger partial charge in [-0.2, -0.15) is 0 Å². The number of hydrogen-bond acceptors (Lipinski definition) is 7. The maximum absolute atomic E-state index is 13.1. The predicted molar refractivity (Wildman–Crippen MR) is 148 cm³/mol. The smallest absolute Gasteiger partial charge is 0.257 e. The highest BCUT2D eigenvalue weighted by atomic mass is 16.5. The number of carbonyl (C=O) groups is 2. The number of methoxy groups -OCH3 is 1. The summed E-state index contributed by atoms with van der Waals surface area (Å²) in [5, 5.41) is 11.0. The number of hydrogen-bond donors (Lipinski definition) is 3. The first-order valence-electron chi connectivity index (χ1n) is 13.2. The van der Waals surface area contributed by atoms with Gasteiger partial charge in [0.25, 0.3) is 5.91 Å². The summed E-state index contributed by atoms with van der Waals surface area (Å²) in [6, 6.07) is 5.95. The third-order valence-corrected chi connectivity index (χ3v) is 7.80. The van der Waals surface area contributed by atoms with E-state index in [9.17, 15) is 9.59 Å². The van der Waals surface area contributed by atoms with Gasteiger partial charge in [-0.05, 0) is 56.7 Å². The summed E-state index contributed by atoms with van der Waals surface area (Å²) in [6.07, 6.45) is 9.92. The molecule has 1 saturated carbocycles. The Morgan fingerprint density at radius 1 is 1.10 bits per heavy atom. The average molecular weight is 529 g/mol. The van der Waals surface area contributed by atoms with Crippen LogP contribution in [0.3, 0.4) is 0 Å². The summed E-state index contributed by atoms with van der Waals surface area (Å²) in [7, 11) is 3.40. The van der Waals surface area contributed by atoms with Gasteiger partial charge < -0.3 is 20.4 Å². The van der Waals surface area contributed by atoms with Crippen LogP contribution in [0.2, 0.25) is 0 Å². The van der Waals surface area contributed by atoms with Crippen molar-refractivity contribution >= 4 is 34.2 Å². The second-order valence-electron chi connectivity index (χ2n) is 10.5. The monoisotopic (exact) mass is 528 g/mol. The minimum absolute atomic E-state index is 0.0614. The van der Waals surface area contributed by atoms with Crippen molar-refractivity contribution in [2.75, 3.05) is 30.8 Å². The lowest BCUT2D eigenvalue weighted by atomic mass is 9.80. The molecule has 39 heavy (non-hydrogen) atoms. The molecule has 4 aromatic rings. The fourth-order valence-electron chi connectivity index (χ4n) is 5.76. The number of nitrogens with one attached hydrogen (secondary N) is 3. The maximum atomic E-state index is 13.1. The fraction of sp³-hybridized carbons (Fsp3) is 0.393. The molecule has 2 bridgehead atoms. The van der Waals surface area contributed by atoms with Crippen LogP contribution in [0.4, 0.5) is 11.4 Å². The van der Waals surface area contributed by atoms with Crippen LogP contribution < -0.4 is 15.4 Å². The Kier molecular flexibility index (Phi) is 6.51. The lowest BCUT2D eigenvalue weighted by molar-refractivity contribution is -0.119. The van der Waals surface area contributed by atoms with E-state index in [1.54, 1.807) is 30.1 Å². The third-order valence-electron chi connectivity index (χ3n) is 7.80. The van der Waals surface area contributed by atoms with Crippen LogP contribution in [0.5, 0.6) is 5.88 Å². The van der Waals surface area contributed by atoms with E-state index >= 15 is 0 Å². The van der Waals surface area contributed by atoms with Crippen LogP contribution >= 0.6 is 0 Å². The van der Waals surface area contributed by atoms with E-state index in [1.165, 1.54) is 31.9 Å². The van der Waals surface area contributed by atoms with Crippen molar-refractivity contribution in [2.45, 2.75) is 38.6 Å². The number of aryl methyl sites for hydroxylation is 2. The minimum Gasteiger partial charge on any atom is -0.479 e. The Labute approximate surface area is 226 Å². The van der Waals surface area contributed by atoms with Gasteiger partial charge in [0.15, 0.2) is 0 Å². The number of fused-ring (bicyclic) bond motifs is 4. The molecule has 7 rings (SSSR count). The van der Waals surface area contributed by atoms with Gasteiger partial charge in [0.05, 0.1) is 53.7 Å². The predicted octanol–water partition coefficient (Wildman–Crippen LogP) is 3.74. The van der Waals surface area contributed by atoms with Crippen molar-refractivity contribution in [1.82, 2.24) is 29.6 Å². The van der Waals surface area contributed by atoms with Gasteiger partial charge in [-0.1, -0.05) is 0 Å². The van der Waals surface area contributed by atoms with Crippen molar-refractivity contribution < 1.29 is 14.3 Å². The molecule has 2 aliphatic heterocycles. The molecule has 0 unspecified atom stereocenters. The molecule has 0 radical (unpaired) electrons. The first-order valence-corrected chi connectivity index (χ1v) is 13.2. The number of amides is 2. The van der Waals surface area contributed by atoms with Crippen molar-refractivity contribution in [3.63, 3.8) is 0 Å². The van der Waals surface area contributed by atoms with Gasteiger partial charge in [0, 0.05) is 37.4 Å². The summed E-state index contributed by atoms with van der Waals surface area (Å²) in [6.45, 7) is 3.20. The van der Waals surface area contributed by atoms with Crippen LogP contribution in [0.25, 0.3) is 22.3 Å². The number of carbonyl (C=O) groups excluding carboxylic acids is 2. The van der Waals surface area contributed by atoms with Crippen LogP contribution in [0.1, 0.15) is 41.7 Å². The molecule has 3 aliphatic rings. The average Bonchev–Trinajstić information content (AvgIpc) is 3.53. The summed E-state index contributed by atoms with van der Waals surface area (Å²) in [5.41, 5.74) is 4.38. The Hall–Kier alpha value is -4.25. The number of pyridine rings is 2. The van der Waals surface area contributed by atoms with E-state index in [2.05, 4.69) is 35.6 Å². The molecule has 11 nitrogen and oxygen atoms in total. The number of anilines is 2. The second-order valence-corrected chi connectivity index (χ2v) is 10.5. The lowest BCUT2D eigenvalue weighted by Crippen LogP contribution is -2.50. The molecule has 3 N–H and O–H groups in total. The highest BCUT2D eigenvalue weighted by Gasteiger charge is 2.34. The van der Waals surface area contributed by atoms with Crippen molar-refractivity contribution in [3.05, 3.63) is 48.0 Å². The first kappa shape index (κ1) is 25.1. The zero-order chi connectivity index (χ0) is 27.1. The van der Waals surface area contributed by atoms with Gasteiger partial charge in [-0.15, -0.1) is 5.10 Å². The minimum atomic E-state index is -0.316. The summed E-state index contributed by atoms with van der Waals surface area (Å²) < 4.78 is 7.05. The molecule has 0 atom stereocenters. The summed E-state index contributed by atoms with van der Waals surface area (Å²) >= 11 is 0. The molecule has 11 heteroatoms. The van der Waals surface area contributed by atoms with Crippen LogP contribution in [0, 0.1) is 12.8 Å². The van der Waals surface area contributed by atoms with Crippen LogP contribution in [-0.4, -0.2) is 67.7 Å². The highest BCUT2D eigenvalue weighted by Crippen LogP contribution is 2.34. The van der Waals surface area contributed by atoms with Gasteiger partial charge in [0.2, 0.25) is 11.8 Å². The second kappa shape index (κ2) is 10.1. The Morgan fingerprint density at radius 3 is 2.67 bits per heavy atom. The van der Waals surface area contributed by atoms with E-state index in [1.807, 2.05) is 26.2 Å². The molecule has 2 saturated heterocycles. The maximum Gasteiger partial charge on any atom is 0.257 e. The Bertz CT molecular complexity index is 1550. The highest BCUT2D eigenvalue weighted by molar-refractivity contribution is 6.06. The van der Waals surface area contributed by atoms with Crippen molar-refractivity contribution in [1.29, 1.82) is 0 Å². The number of piperidine rings is 2. The van der Waals surface area contributed by atoms with E-state index in [0.29, 0.717) is 46.7 Å². The standard InChI is InChI=1S/C28H32N8O3/c1-16-23(10-20(12-29-16)31-25(37)15-36-13-17-4-6-21(36)7-5-17)33-27(38)19-8-18-9-24(32-26(18)30-11-19)22-14-35(2)34-28(22)39-3/h8-12,14,17,21H,4-7,13,15H2,1-3H3,(H,30,32)(H,31,37)(H,33,38). The number of aromatic amines is 1. The molecule has 0 spiro atoms. The molecule has 6 heterocycles. The van der Waals surface area contributed by atoms with Crippen LogP contribution in [-0.2, 0) is 11.8 Å². The van der Waals surface area contributed by atoms with Crippen molar-refractivity contribution in [2.24, 2.45) is 13.0 Å². The zero-order valence-corrected chi connectivity index (χ0v) is 22.3. The Balaban J connectivity index is 1.15. The van der Waals surface area contributed by atoms with E-state index < -0.39 is 0 Å². The van der Waals surface area contributed by atoms with Crippen LogP contribution in [0.15, 0.2) is 36.8 Å². The molecular formula is C28H32N8O3. The number of H-pyrrole nitrogens is 1. The van der Waals surface area contributed by atoms with E-state index in [4.69, 9.17) is 4.74 Å². The molecule has 3 fully saturated rings. The number of ether oxygens (including phenoxy) is 1. The third kappa shape index (κ3) is 5.09. The number of aromatic nitrogens is 5. The largest absolute Gasteiger partial charge is 0.479 e. The molecule has 0 aromatic carbocycles. The van der Waals surface area contributed by atoms with E-state index in [-0.39, 0.29) is 11.8 Å². The number of rotatable bonds is 7. The SMILES string of the molecule is COc1nn(C)cc1-c1cc2cc(C(=O)Nc3cc(NC(=O)CN4CC5CCC4CC5)cnc3C)cnc2[nH]1. The normalized spacial score (nSPS) is 18.8. The zero-order valence-electron chi connectivity index (χ0n) is 22.3. The topological polar surface area (TPSA) is 130 Å². The van der Waals surface area contributed by atoms with Gasteiger partial charge >= 0.3 is 0 Å². The molecule has 2 amide bonds. The summed E-state index contributed by atoms with van der Waals surface area (Å²) in [5.74, 6) is 0.841. The van der Waals surface area contributed by atoms with Gasteiger partial charge in [0.1, 0.15) is 5.65 Å². The van der Waals surface area contributed by atoms with Gasteiger partial charge in [-0.25, -0.2) is 4.98 Å². The fourth-order valence-corrected chi connectivity index (χ4v) is 5.76. The molecular weight excluding hydrogens is 496 g/mol. The van der Waals surface area contributed by atoms with E-state index in [0.717, 1.165) is 29.1 Å². The Morgan fingerprint density at radius 2 is 1.92 bits per heavy atom. The molecule has 202 valence electrons. The van der Waals surface area contributed by atoms with Crippen molar-refractivity contribution in [3.8, 4) is 17.1 Å².